The number of aryl methyl sites for hydroxylation is 2. The number of hydrogen-bond donors (Lipinski definition) is 2. The van der Waals surface area contributed by atoms with Gasteiger partial charge in [-0.15, -0.1) is 0 Å². The molecule has 0 unspecified atom stereocenters. The SMILES string of the molecule is Cc1nc2n(n1)CCN(C(=O)c1cnn3cccc(C)c13)CCCC(=O)N[C@@H](Cc1ccccc1)C(=O)N[C@@H]2C(C)C. The van der Waals surface area contributed by atoms with Gasteiger partial charge in [-0.2, -0.15) is 10.2 Å². The third-order valence-corrected chi connectivity index (χ3v) is 7.66. The summed E-state index contributed by atoms with van der Waals surface area (Å²) in [6.07, 6.45) is 4.40. The number of amides is 3. The predicted molar refractivity (Wildman–Crippen MR) is 158 cm³/mol. The Morgan fingerprint density at radius 1 is 1.02 bits per heavy atom. The number of nitrogens with one attached hydrogen (secondary N) is 2. The van der Waals surface area contributed by atoms with Gasteiger partial charge in [-0.05, 0) is 43.4 Å². The zero-order chi connectivity index (χ0) is 29.8. The first-order valence-corrected chi connectivity index (χ1v) is 14.5. The van der Waals surface area contributed by atoms with Crippen molar-refractivity contribution in [2.24, 2.45) is 5.92 Å². The zero-order valence-electron chi connectivity index (χ0n) is 24.6. The van der Waals surface area contributed by atoms with Crippen molar-refractivity contribution in [3.05, 3.63) is 83.2 Å². The second-order valence-corrected chi connectivity index (χ2v) is 11.2. The van der Waals surface area contributed by atoms with E-state index in [9.17, 15) is 14.4 Å². The monoisotopic (exact) mass is 570 g/mol. The molecule has 0 aliphatic carbocycles. The van der Waals surface area contributed by atoms with Gasteiger partial charge in [0.15, 0.2) is 0 Å². The summed E-state index contributed by atoms with van der Waals surface area (Å²) >= 11 is 0. The minimum Gasteiger partial charge on any atom is -0.344 e. The fourth-order valence-electron chi connectivity index (χ4n) is 5.48. The molecule has 11 heteroatoms. The molecule has 1 aromatic carbocycles. The molecule has 0 radical (unpaired) electrons. The van der Waals surface area contributed by atoms with Gasteiger partial charge in [-0.3, -0.25) is 14.4 Å². The van der Waals surface area contributed by atoms with Gasteiger partial charge in [0.2, 0.25) is 11.8 Å². The fourth-order valence-corrected chi connectivity index (χ4v) is 5.48. The molecule has 0 bridgehead atoms. The molecule has 3 aromatic heterocycles. The van der Waals surface area contributed by atoms with Crippen LogP contribution in [0.4, 0.5) is 0 Å². The highest BCUT2D eigenvalue weighted by atomic mass is 16.2. The summed E-state index contributed by atoms with van der Waals surface area (Å²) in [5.41, 5.74) is 3.18. The van der Waals surface area contributed by atoms with Crippen molar-refractivity contribution < 1.29 is 14.4 Å². The minimum atomic E-state index is -0.763. The van der Waals surface area contributed by atoms with Crippen molar-refractivity contribution in [2.75, 3.05) is 13.1 Å². The number of aromatic nitrogens is 5. The van der Waals surface area contributed by atoms with E-state index in [4.69, 9.17) is 0 Å². The van der Waals surface area contributed by atoms with E-state index in [1.807, 2.05) is 76.4 Å². The largest absolute Gasteiger partial charge is 0.344 e. The smallest absolute Gasteiger partial charge is 0.257 e. The van der Waals surface area contributed by atoms with E-state index >= 15 is 0 Å². The fraction of sp³-hybridized carbons (Fsp3) is 0.419. The van der Waals surface area contributed by atoms with E-state index in [1.54, 1.807) is 20.3 Å². The van der Waals surface area contributed by atoms with Crippen LogP contribution in [-0.2, 0) is 22.6 Å². The maximum Gasteiger partial charge on any atom is 0.257 e. The normalized spacial score (nSPS) is 18.8. The molecule has 3 amide bonds. The Balaban J connectivity index is 1.47. The number of carbonyl (C=O) groups excluding carboxylic acids is 3. The first-order valence-electron chi connectivity index (χ1n) is 14.5. The molecule has 0 saturated carbocycles. The van der Waals surface area contributed by atoms with Crippen LogP contribution in [0.2, 0.25) is 0 Å². The first-order chi connectivity index (χ1) is 20.2. The summed E-state index contributed by atoms with van der Waals surface area (Å²) in [6, 6.07) is 12.3. The van der Waals surface area contributed by atoms with Gasteiger partial charge in [-0.25, -0.2) is 14.2 Å². The lowest BCUT2D eigenvalue weighted by molar-refractivity contribution is -0.129. The van der Waals surface area contributed by atoms with Gasteiger partial charge in [0.1, 0.15) is 17.7 Å². The Bertz CT molecular complexity index is 1580. The number of hydrogen-bond acceptors (Lipinski definition) is 6. The van der Waals surface area contributed by atoms with Crippen LogP contribution >= 0.6 is 0 Å². The van der Waals surface area contributed by atoms with Crippen molar-refractivity contribution in [1.29, 1.82) is 0 Å². The van der Waals surface area contributed by atoms with Gasteiger partial charge >= 0.3 is 0 Å². The van der Waals surface area contributed by atoms with E-state index in [0.717, 1.165) is 16.6 Å². The Morgan fingerprint density at radius 3 is 2.57 bits per heavy atom. The van der Waals surface area contributed by atoms with Crippen molar-refractivity contribution in [1.82, 2.24) is 39.9 Å². The third kappa shape index (κ3) is 6.35. The molecule has 42 heavy (non-hydrogen) atoms. The lowest BCUT2D eigenvalue weighted by Gasteiger charge is -2.28. The first kappa shape index (κ1) is 29.0. The molecule has 4 aromatic rings. The number of rotatable bonds is 4. The van der Waals surface area contributed by atoms with Crippen molar-refractivity contribution in [2.45, 2.75) is 65.6 Å². The van der Waals surface area contributed by atoms with Gasteiger partial charge < -0.3 is 15.5 Å². The van der Waals surface area contributed by atoms with Crippen LogP contribution in [0.1, 0.15) is 65.9 Å². The second kappa shape index (κ2) is 12.5. The molecule has 2 atom stereocenters. The standard InChI is InChI=1S/C31H38N8O3/c1-20(2)27-29-33-22(4)36-39(29)17-16-37(31(42)24-19-32-38-15-8-10-21(3)28(24)38)14-9-13-26(40)34-25(30(41)35-27)18-23-11-6-5-7-12-23/h5-8,10-12,15,19-20,25,27H,9,13-14,16-18H2,1-4H3,(H,34,40)(H,35,41)/t25-,27+/m0/s1. The Hall–Kier alpha value is -4.54. The quantitative estimate of drug-likeness (QED) is 0.389. The van der Waals surface area contributed by atoms with Gasteiger partial charge in [0, 0.05) is 32.1 Å². The average molecular weight is 571 g/mol. The van der Waals surface area contributed by atoms with Gasteiger partial charge in [0.25, 0.3) is 5.91 Å². The topological polar surface area (TPSA) is 127 Å². The molecule has 220 valence electrons. The van der Waals surface area contributed by atoms with E-state index in [2.05, 4.69) is 25.8 Å². The highest BCUT2D eigenvalue weighted by molar-refractivity contribution is 6.01. The number of pyridine rings is 1. The lowest BCUT2D eigenvalue weighted by atomic mass is 10.0. The maximum absolute atomic E-state index is 13.9. The van der Waals surface area contributed by atoms with Crippen LogP contribution in [0.25, 0.3) is 5.52 Å². The van der Waals surface area contributed by atoms with Crippen LogP contribution < -0.4 is 10.6 Å². The van der Waals surface area contributed by atoms with Crippen LogP contribution in [0.5, 0.6) is 0 Å². The molecule has 4 heterocycles. The molecule has 2 N–H and O–H groups in total. The van der Waals surface area contributed by atoms with E-state index in [0.29, 0.717) is 49.7 Å². The van der Waals surface area contributed by atoms with Crippen molar-refractivity contribution >= 4 is 23.2 Å². The third-order valence-electron chi connectivity index (χ3n) is 7.66. The number of carbonyl (C=O) groups is 3. The number of benzene rings is 1. The molecule has 11 nitrogen and oxygen atoms in total. The maximum atomic E-state index is 13.9. The molecular weight excluding hydrogens is 532 g/mol. The minimum absolute atomic E-state index is 0.00299. The summed E-state index contributed by atoms with van der Waals surface area (Å²) in [4.78, 5) is 47.1. The summed E-state index contributed by atoms with van der Waals surface area (Å²) in [6.45, 7) is 8.90. The average Bonchev–Trinajstić information content (AvgIpc) is 3.56. The summed E-state index contributed by atoms with van der Waals surface area (Å²) in [5, 5.41) is 15.1. The summed E-state index contributed by atoms with van der Waals surface area (Å²) in [5.74, 6) is 0.548. The molecule has 0 saturated heterocycles. The Labute approximate surface area is 245 Å². The molecule has 5 rings (SSSR count). The second-order valence-electron chi connectivity index (χ2n) is 11.2. The molecule has 0 spiro atoms. The van der Waals surface area contributed by atoms with Crippen LogP contribution in [-0.4, -0.2) is 66.1 Å². The highest BCUT2D eigenvalue weighted by Crippen LogP contribution is 2.22. The Kier molecular flexibility index (Phi) is 8.65. The van der Waals surface area contributed by atoms with Crippen LogP contribution in [0.3, 0.4) is 0 Å². The van der Waals surface area contributed by atoms with Gasteiger partial charge in [0.05, 0.1) is 29.9 Å². The van der Waals surface area contributed by atoms with Crippen LogP contribution in [0, 0.1) is 19.8 Å². The lowest BCUT2D eigenvalue weighted by Crippen LogP contribution is -2.50. The van der Waals surface area contributed by atoms with Crippen LogP contribution in [0.15, 0.2) is 54.9 Å². The predicted octanol–water partition coefficient (Wildman–Crippen LogP) is 3.02. The molecular formula is C31H38N8O3. The Morgan fingerprint density at radius 2 is 1.81 bits per heavy atom. The summed E-state index contributed by atoms with van der Waals surface area (Å²) < 4.78 is 3.50. The van der Waals surface area contributed by atoms with E-state index < -0.39 is 12.1 Å². The van der Waals surface area contributed by atoms with E-state index in [-0.39, 0.29) is 30.1 Å². The number of fused-ring (bicyclic) bond motifs is 2. The summed E-state index contributed by atoms with van der Waals surface area (Å²) in [7, 11) is 0. The molecule has 0 fully saturated rings. The van der Waals surface area contributed by atoms with Crippen molar-refractivity contribution in [3.63, 3.8) is 0 Å². The number of nitrogens with zero attached hydrogens (tertiary/aromatic N) is 6. The zero-order valence-corrected chi connectivity index (χ0v) is 24.6. The van der Waals surface area contributed by atoms with E-state index in [1.165, 1.54) is 0 Å². The van der Waals surface area contributed by atoms with Gasteiger partial charge in [-0.1, -0.05) is 50.2 Å². The van der Waals surface area contributed by atoms with Crippen molar-refractivity contribution in [3.8, 4) is 0 Å². The highest BCUT2D eigenvalue weighted by Gasteiger charge is 2.30. The molecule has 1 aliphatic heterocycles. The molecule has 1 aliphatic rings.